The third-order valence-corrected chi connectivity index (χ3v) is 39.6. The Balaban J connectivity index is 0.000000131. The zero-order valence-corrected chi connectivity index (χ0v) is 65.0. The number of carbonyl (C=O) groups excluding carboxylic acids is 1. The van der Waals surface area contributed by atoms with E-state index in [2.05, 4.69) is 155 Å². The molecule has 0 aromatic carbocycles. The second-order valence-electron chi connectivity index (χ2n) is 42.8. The van der Waals surface area contributed by atoms with Crippen molar-refractivity contribution in [3.8, 4) is 0 Å². The van der Waals surface area contributed by atoms with Gasteiger partial charge in [0.2, 0.25) is 0 Å². The van der Waals surface area contributed by atoms with Crippen LogP contribution in [0.1, 0.15) is 317 Å². The van der Waals surface area contributed by atoms with E-state index < -0.39 is 11.4 Å². The molecule has 15 fully saturated rings. The monoisotopic (exact) mass is 1340 g/mol. The highest BCUT2D eigenvalue weighted by atomic mass is 16.4. The predicted octanol–water partition coefficient (Wildman–Crippen LogP) is 22.3. The van der Waals surface area contributed by atoms with Crippen LogP contribution in [-0.2, 0) is 9.59 Å². The topological polar surface area (TPSA) is 154 Å². The lowest BCUT2D eigenvalue weighted by Crippen LogP contribution is -2.67. The fourth-order valence-electron chi connectivity index (χ4n) is 33.8. The fraction of sp³-hybridized carbons (Fsp3) is 0.909. The van der Waals surface area contributed by atoms with E-state index in [9.17, 15) is 34.7 Å². The maximum atomic E-state index is 12.9. The SMILES string of the molecule is C=C(C)[C@@H]1CC[C@]2(C(=O)O)CC[C@]3(C)[C@H](CC[C@@H]4[C@@]5(C)CC[C@H](O)C(C)(C)[C@@H]5CC[C@]43C)[C@@H]12.C=C(C)[C@@H]1CC[C@]2(N=O)CC[C@]3(C)[C@H](CC[C@@H]4[C@@]5(C)CCC(=O)C(C)(C)[C@@H]5CC[C@]43C)[C@@H]12.C=C(C)[C@@H]1CC[C@]2(N=O)CC[C@]3(C)[C@H](CC[C@@H]4[C@@]5(C)CC[C@H](O)C(C)(C)[C@@H]5CC[C@]43C)[C@@H]12. The quantitative estimate of drug-likeness (QED) is 0.177. The molecule has 0 unspecified atom stereocenters. The highest BCUT2D eigenvalue weighted by Gasteiger charge is 2.76. The summed E-state index contributed by atoms with van der Waals surface area (Å²) in [6.07, 6.45) is 32.5. The normalized spacial score (nSPS) is 55.1. The molecule has 0 aromatic heterocycles. The molecule has 0 heterocycles. The predicted molar refractivity (Wildman–Crippen MR) is 394 cm³/mol. The van der Waals surface area contributed by atoms with Gasteiger partial charge in [-0.2, -0.15) is 9.81 Å². The number of fused-ring (bicyclic) bond motifs is 21. The highest BCUT2D eigenvalue weighted by Crippen LogP contribution is 2.81. The number of aliphatic hydroxyl groups excluding tert-OH is 2. The van der Waals surface area contributed by atoms with Crippen molar-refractivity contribution in [1.82, 2.24) is 0 Å². The summed E-state index contributed by atoms with van der Waals surface area (Å²) in [5, 5.41) is 40.1. The van der Waals surface area contributed by atoms with Crippen LogP contribution in [0.3, 0.4) is 0 Å². The van der Waals surface area contributed by atoms with Crippen molar-refractivity contribution in [2.45, 2.75) is 341 Å². The first kappa shape index (κ1) is 72.8. The molecule has 15 rings (SSSR count). The standard InChI is InChI=1S/C30H48O3.C29H47NO2.C29H45NO2/c1-18(2)19-10-15-30(25(32)33)17-16-28(6)20(24(19)30)8-9-22-27(5)13-12-23(31)26(3,4)21(27)11-14-29(22,28)7;2*1-18(2)19-10-15-29(30-32)17-16-27(6)20(24(19)29)8-9-22-26(5)13-12-23(31)25(3,4)21(26)11-14-28(22,27)7/h19-24,31H,1,8-17H2,2-7H3,(H,32,33);19-24,31H,1,8-17H2,2-7H3;19-22,24H,1,8-17H2,2-7H3/t19-,20+,21-,22+,23-,24+,27-,28+,29+,30-;19-,20+,21-,22+,23-,24+,26-,27+,28+,29-;19-,20+,21-,22+,24+,26-,27+,28+,29-/m000/s1. The Morgan fingerprint density at radius 2 is 0.711 bits per heavy atom. The number of carbonyl (C=O) groups is 2. The van der Waals surface area contributed by atoms with Gasteiger partial charge in [0.1, 0.15) is 16.9 Å². The van der Waals surface area contributed by atoms with E-state index in [1.165, 1.54) is 100 Å². The van der Waals surface area contributed by atoms with Gasteiger partial charge in [0, 0.05) is 11.8 Å². The zero-order chi connectivity index (χ0) is 70.8. The summed E-state index contributed by atoms with van der Waals surface area (Å²) in [5.74, 6) is 7.61. The molecular weight excluding hydrogens is 1200 g/mol. The Labute approximate surface area is 589 Å². The first-order valence-electron chi connectivity index (χ1n) is 40.8. The summed E-state index contributed by atoms with van der Waals surface area (Å²) in [5.41, 5.74) is 4.66. The Kier molecular flexibility index (Phi) is 17.4. The van der Waals surface area contributed by atoms with Gasteiger partial charge >= 0.3 is 5.97 Å². The van der Waals surface area contributed by atoms with Gasteiger partial charge < -0.3 is 15.3 Å². The van der Waals surface area contributed by atoms with E-state index in [0.29, 0.717) is 99.5 Å². The molecule has 544 valence electrons. The molecule has 29 atom stereocenters. The number of nitrogens with zero attached hydrogens (tertiary/aromatic N) is 2. The lowest BCUT2D eigenvalue weighted by atomic mass is 9.32. The largest absolute Gasteiger partial charge is 0.481 e. The molecule has 3 N–H and O–H groups in total. The third-order valence-electron chi connectivity index (χ3n) is 39.6. The van der Waals surface area contributed by atoms with E-state index >= 15 is 0 Å². The number of allylic oxidation sites excluding steroid dienone is 3. The molecule has 0 spiro atoms. The molecule has 15 aliphatic carbocycles. The van der Waals surface area contributed by atoms with E-state index in [0.717, 1.165) is 109 Å². The van der Waals surface area contributed by atoms with Crippen LogP contribution < -0.4 is 0 Å². The van der Waals surface area contributed by atoms with E-state index in [1.54, 1.807) is 0 Å². The fourth-order valence-corrected chi connectivity index (χ4v) is 33.8. The average Bonchev–Trinajstić information content (AvgIpc) is 1.67. The molecule has 9 nitrogen and oxygen atoms in total. The maximum absolute atomic E-state index is 12.9. The van der Waals surface area contributed by atoms with Crippen LogP contribution in [0.2, 0.25) is 0 Å². The summed E-state index contributed by atoms with van der Waals surface area (Å²) in [7, 11) is 0. The molecule has 9 heteroatoms. The number of ketones is 1. The first-order chi connectivity index (χ1) is 45.0. The van der Waals surface area contributed by atoms with Crippen LogP contribution in [-0.4, -0.2) is 50.4 Å². The van der Waals surface area contributed by atoms with Crippen LogP contribution in [0.25, 0.3) is 0 Å². The molecule has 0 amide bonds. The summed E-state index contributed by atoms with van der Waals surface area (Å²) in [6.45, 7) is 56.7. The molecule has 97 heavy (non-hydrogen) atoms. The van der Waals surface area contributed by atoms with E-state index in [1.807, 2.05) is 0 Å². The summed E-state index contributed by atoms with van der Waals surface area (Å²) >= 11 is 0. The maximum Gasteiger partial charge on any atom is 0.309 e. The number of aliphatic carboxylic acids is 1. The van der Waals surface area contributed by atoms with Crippen LogP contribution in [0, 0.1) is 169 Å². The molecule has 0 aromatic rings. The highest BCUT2D eigenvalue weighted by molar-refractivity contribution is 5.85. The van der Waals surface area contributed by atoms with Gasteiger partial charge in [-0.3, -0.25) is 9.59 Å². The Morgan fingerprint density at radius 1 is 0.371 bits per heavy atom. The second-order valence-corrected chi connectivity index (χ2v) is 42.8. The van der Waals surface area contributed by atoms with Crippen molar-refractivity contribution < 1.29 is 24.9 Å². The Bertz CT molecular complexity index is 3200. The average molecular weight is 1340 g/mol. The molecule has 0 bridgehead atoms. The molecular formula is C88H140N2O7. The number of nitroso groups, excluding NO2 is 2. The molecule has 0 aliphatic heterocycles. The minimum atomic E-state index is -0.538. The number of hydrogen-bond donors (Lipinski definition) is 3. The van der Waals surface area contributed by atoms with Crippen molar-refractivity contribution >= 4 is 11.8 Å². The number of Topliss-reactive ketones (excluding diaryl/α,β-unsaturated/α-hetero) is 1. The van der Waals surface area contributed by atoms with Gasteiger partial charge in [0.15, 0.2) is 0 Å². The number of carboxylic acid groups (broad SMARTS) is 1. The van der Waals surface area contributed by atoms with Crippen LogP contribution in [0.4, 0.5) is 0 Å². The Morgan fingerprint density at radius 3 is 1.08 bits per heavy atom. The molecule has 0 saturated heterocycles. The van der Waals surface area contributed by atoms with Crippen molar-refractivity contribution in [3.05, 3.63) is 46.3 Å². The van der Waals surface area contributed by atoms with Crippen molar-refractivity contribution in [1.29, 1.82) is 0 Å². The smallest absolute Gasteiger partial charge is 0.309 e. The summed E-state index contributed by atoms with van der Waals surface area (Å²) in [4.78, 5) is 50.3. The number of rotatable bonds is 6. The minimum Gasteiger partial charge on any atom is -0.481 e. The summed E-state index contributed by atoms with van der Waals surface area (Å²) < 4.78 is 0. The van der Waals surface area contributed by atoms with Crippen molar-refractivity contribution in [2.24, 2.45) is 170 Å². The van der Waals surface area contributed by atoms with E-state index in [-0.39, 0.29) is 83.4 Å². The van der Waals surface area contributed by atoms with Crippen LogP contribution in [0.5, 0.6) is 0 Å². The third kappa shape index (κ3) is 9.40. The second kappa shape index (κ2) is 23.2. The van der Waals surface area contributed by atoms with E-state index in [4.69, 9.17) is 0 Å². The van der Waals surface area contributed by atoms with Gasteiger partial charge in [-0.1, -0.05) is 151 Å². The number of hydrogen-bond acceptors (Lipinski definition) is 8. The first-order valence-corrected chi connectivity index (χ1v) is 40.8. The number of carboxylic acids is 1. The van der Waals surface area contributed by atoms with Gasteiger partial charge in [-0.25, -0.2) is 0 Å². The van der Waals surface area contributed by atoms with Gasteiger partial charge in [-0.15, -0.1) is 0 Å². The van der Waals surface area contributed by atoms with Crippen molar-refractivity contribution in [2.75, 3.05) is 0 Å². The molecule has 15 aliphatic rings. The van der Waals surface area contributed by atoms with Gasteiger partial charge in [-0.05, 0) is 355 Å². The van der Waals surface area contributed by atoms with Crippen LogP contribution in [0.15, 0.2) is 46.8 Å². The summed E-state index contributed by atoms with van der Waals surface area (Å²) in [6, 6.07) is 0. The Hall–Kier alpha value is -2.52. The van der Waals surface area contributed by atoms with Gasteiger partial charge in [0.25, 0.3) is 0 Å². The lowest BCUT2D eigenvalue weighted by Gasteiger charge is -2.72. The molecule has 0 radical (unpaired) electrons. The molecule has 15 saturated carbocycles. The van der Waals surface area contributed by atoms with Crippen molar-refractivity contribution in [3.63, 3.8) is 0 Å². The minimum absolute atomic E-state index is 0.00569. The lowest BCUT2D eigenvalue weighted by molar-refractivity contribution is -0.248. The zero-order valence-electron chi connectivity index (χ0n) is 65.0. The number of aliphatic hydroxyl groups is 2. The van der Waals surface area contributed by atoms with Crippen LogP contribution >= 0.6 is 0 Å². The van der Waals surface area contributed by atoms with Gasteiger partial charge in [0.05, 0.1) is 17.6 Å².